The van der Waals surface area contributed by atoms with Gasteiger partial charge >= 0.3 is 0 Å². The topological polar surface area (TPSA) is 65.8 Å². The number of hydrogen-bond donors (Lipinski definition) is 1. The third-order valence-electron chi connectivity index (χ3n) is 3.81. The average molecular weight is 377 g/mol. The Bertz CT molecular complexity index is 988. The summed E-state index contributed by atoms with van der Waals surface area (Å²) < 4.78 is 13.0. The molecule has 3 rings (SSSR count). The summed E-state index contributed by atoms with van der Waals surface area (Å²) in [7, 11) is 0. The van der Waals surface area contributed by atoms with Crippen molar-refractivity contribution in [3.8, 4) is 16.6 Å². The number of carbonyl (C=O) groups excluding carboxylic acids is 1. The molecule has 0 saturated carbocycles. The molecule has 6 heteroatoms. The average Bonchev–Trinajstić information content (AvgIpc) is 3.16. The number of aromatic nitrogens is 1. The Labute approximate surface area is 160 Å². The zero-order valence-electron chi connectivity index (χ0n) is 14.4. The van der Waals surface area contributed by atoms with Crippen molar-refractivity contribution in [1.82, 2.24) is 10.3 Å². The number of halogens is 1. The van der Waals surface area contributed by atoms with Crippen molar-refractivity contribution in [1.29, 1.82) is 5.26 Å². The van der Waals surface area contributed by atoms with E-state index in [0.717, 1.165) is 11.1 Å². The Morgan fingerprint density at radius 3 is 2.63 bits per heavy atom. The molecule has 0 aliphatic carbocycles. The maximum atomic E-state index is 13.0. The van der Waals surface area contributed by atoms with Gasteiger partial charge in [-0.1, -0.05) is 30.3 Å². The number of hydrogen-bond acceptors (Lipinski definition) is 4. The second-order valence-electron chi connectivity index (χ2n) is 5.75. The highest BCUT2D eigenvalue weighted by Crippen LogP contribution is 2.24. The molecule has 1 amide bonds. The molecule has 134 valence electrons. The Balaban J connectivity index is 1.64. The molecule has 2 aromatic carbocycles. The number of rotatable bonds is 6. The standard InChI is InChI=1S/C21H16FN3OS/c22-18-8-6-16(7-9-18)21-25-19(14-27-21)12-17(13-23)20(26)24-11-10-15-4-2-1-3-5-15/h1-9,12,14H,10-11H2,(H,24,26)/b17-12+. The summed E-state index contributed by atoms with van der Waals surface area (Å²) in [6.45, 7) is 0.444. The highest BCUT2D eigenvalue weighted by Gasteiger charge is 2.10. The fourth-order valence-corrected chi connectivity index (χ4v) is 3.22. The van der Waals surface area contributed by atoms with Crippen molar-refractivity contribution in [3.05, 3.63) is 82.6 Å². The zero-order valence-corrected chi connectivity index (χ0v) is 15.2. The largest absolute Gasteiger partial charge is 0.351 e. The highest BCUT2D eigenvalue weighted by atomic mass is 32.1. The molecule has 1 N–H and O–H groups in total. The maximum absolute atomic E-state index is 13.0. The summed E-state index contributed by atoms with van der Waals surface area (Å²) >= 11 is 1.37. The molecule has 0 fully saturated rings. The van der Waals surface area contributed by atoms with Gasteiger partial charge in [-0.3, -0.25) is 4.79 Å². The molecule has 0 bridgehead atoms. The molecule has 0 aliphatic rings. The number of amides is 1. The van der Waals surface area contributed by atoms with Gasteiger partial charge in [0.25, 0.3) is 5.91 Å². The lowest BCUT2D eigenvalue weighted by molar-refractivity contribution is -0.117. The van der Waals surface area contributed by atoms with Crippen LogP contribution in [0.3, 0.4) is 0 Å². The first-order chi connectivity index (χ1) is 13.2. The Morgan fingerprint density at radius 2 is 1.93 bits per heavy atom. The molecule has 0 aliphatic heterocycles. The van der Waals surface area contributed by atoms with E-state index in [1.807, 2.05) is 36.4 Å². The van der Waals surface area contributed by atoms with Crippen molar-refractivity contribution < 1.29 is 9.18 Å². The number of nitrogens with one attached hydrogen (secondary N) is 1. The van der Waals surface area contributed by atoms with Gasteiger partial charge in [0.05, 0.1) is 5.69 Å². The van der Waals surface area contributed by atoms with Gasteiger partial charge in [0.1, 0.15) is 22.5 Å². The van der Waals surface area contributed by atoms with Crippen LogP contribution in [0.1, 0.15) is 11.3 Å². The van der Waals surface area contributed by atoms with Crippen molar-refractivity contribution in [2.24, 2.45) is 0 Å². The second kappa shape index (κ2) is 8.88. The number of nitrogens with zero attached hydrogens (tertiary/aromatic N) is 2. The van der Waals surface area contributed by atoms with Gasteiger partial charge in [0.15, 0.2) is 0 Å². The maximum Gasteiger partial charge on any atom is 0.262 e. The first-order valence-electron chi connectivity index (χ1n) is 8.31. The molecule has 0 spiro atoms. The molecule has 1 heterocycles. The van der Waals surface area contributed by atoms with Crippen molar-refractivity contribution in [2.45, 2.75) is 6.42 Å². The van der Waals surface area contributed by atoms with Gasteiger partial charge in [-0.15, -0.1) is 11.3 Å². The quantitative estimate of drug-likeness (QED) is 0.517. The lowest BCUT2D eigenvalue weighted by Crippen LogP contribution is -2.26. The lowest BCUT2D eigenvalue weighted by Gasteiger charge is -2.04. The number of nitriles is 1. The van der Waals surface area contributed by atoms with Gasteiger partial charge < -0.3 is 5.32 Å². The smallest absolute Gasteiger partial charge is 0.262 e. The highest BCUT2D eigenvalue weighted by molar-refractivity contribution is 7.13. The minimum atomic E-state index is -0.426. The second-order valence-corrected chi connectivity index (χ2v) is 6.60. The molecule has 0 unspecified atom stereocenters. The number of carbonyl (C=O) groups is 1. The summed E-state index contributed by atoms with van der Waals surface area (Å²) in [6, 6.07) is 17.7. The molecule has 27 heavy (non-hydrogen) atoms. The van der Waals surface area contributed by atoms with E-state index in [-0.39, 0.29) is 11.4 Å². The van der Waals surface area contributed by atoms with E-state index in [9.17, 15) is 14.4 Å². The van der Waals surface area contributed by atoms with Crippen molar-refractivity contribution in [3.63, 3.8) is 0 Å². The van der Waals surface area contributed by atoms with Crippen LogP contribution < -0.4 is 5.32 Å². The third kappa shape index (κ3) is 5.09. The van der Waals surface area contributed by atoms with Crippen LogP contribution in [-0.4, -0.2) is 17.4 Å². The molecule has 3 aromatic rings. The monoisotopic (exact) mass is 377 g/mol. The molecular formula is C21H16FN3OS. The van der Waals surface area contributed by atoms with Gasteiger partial charge in [0, 0.05) is 17.5 Å². The van der Waals surface area contributed by atoms with E-state index >= 15 is 0 Å². The van der Waals surface area contributed by atoms with Crippen LogP contribution in [0.2, 0.25) is 0 Å². The van der Waals surface area contributed by atoms with E-state index < -0.39 is 5.91 Å². The SMILES string of the molecule is N#C/C(=C\c1csc(-c2ccc(F)cc2)n1)C(=O)NCCc1ccccc1. The summed E-state index contributed by atoms with van der Waals surface area (Å²) in [4.78, 5) is 16.6. The fourth-order valence-electron chi connectivity index (χ4n) is 2.43. The van der Waals surface area contributed by atoms with Crippen LogP contribution in [0.15, 0.2) is 65.6 Å². The number of thiazole rings is 1. The molecule has 0 radical (unpaired) electrons. The van der Waals surface area contributed by atoms with Crippen LogP contribution in [0, 0.1) is 17.1 Å². The van der Waals surface area contributed by atoms with Crippen molar-refractivity contribution in [2.75, 3.05) is 6.54 Å². The summed E-state index contributed by atoms with van der Waals surface area (Å²) in [6.07, 6.45) is 2.15. The minimum Gasteiger partial charge on any atom is -0.351 e. The van der Waals surface area contributed by atoms with Crippen LogP contribution in [0.4, 0.5) is 4.39 Å². The zero-order chi connectivity index (χ0) is 19.1. The van der Waals surface area contributed by atoms with Crippen molar-refractivity contribution >= 4 is 23.3 Å². The van der Waals surface area contributed by atoms with Gasteiger partial charge in [-0.25, -0.2) is 9.37 Å². The first kappa shape index (κ1) is 18.5. The van der Waals surface area contributed by atoms with Gasteiger partial charge in [0.2, 0.25) is 0 Å². The van der Waals surface area contributed by atoms with Crippen LogP contribution >= 0.6 is 11.3 Å². The molecule has 0 atom stereocenters. The van der Waals surface area contributed by atoms with E-state index in [1.165, 1.54) is 29.5 Å². The predicted molar refractivity (Wildman–Crippen MR) is 104 cm³/mol. The fraction of sp³-hybridized carbons (Fsp3) is 0.0952. The van der Waals surface area contributed by atoms with Crippen LogP contribution in [0.5, 0.6) is 0 Å². The lowest BCUT2D eigenvalue weighted by atomic mass is 10.1. The van der Waals surface area contributed by atoms with Gasteiger partial charge in [-0.2, -0.15) is 5.26 Å². The third-order valence-corrected chi connectivity index (χ3v) is 4.72. The van der Waals surface area contributed by atoms with E-state index in [4.69, 9.17) is 0 Å². The van der Waals surface area contributed by atoms with Crippen LogP contribution in [0.25, 0.3) is 16.6 Å². The predicted octanol–water partition coefficient (Wildman–Crippen LogP) is 4.22. The molecule has 0 saturated heterocycles. The minimum absolute atomic E-state index is 0.000909. The molecule has 4 nitrogen and oxygen atoms in total. The normalized spacial score (nSPS) is 11.0. The summed E-state index contributed by atoms with van der Waals surface area (Å²) in [5.41, 5.74) is 2.42. The van der Waals surface area contributed by atoms with Gasteiger partial charge in [-0.05, 0) is 42.3 Å². The summed E-state index contributed by atoms with van der Waals surface area (Å²) in [5, 5.41) is 14.5. The Kier molecular flexibility index (Phi) is 6.08. The number of benzene rings is 2. The molecule has 1 aromatic heterocycles. The van der Waals surface area contributed by atoms with E-state index in [0.29, 0.717) is 23.7 Å². The van der Waals surface area contributed by atoms with Crippen LogP contribution in [-0.2, 0) is 11.2 Å². The Morgan fingerprint density at radius 1 is 1.19 bits per heavy atom. The molecular weight excluding hydrogens is 361 g/mol. The van der Waals surface area contributed by atoms with E-state index in [2.05, 4.69) is 10.3 Å². The summed E-state index contributed by atoms with van der Waals surface area (Å²) in [5.74, 6) is -0.737. The van der Waals surface area contributed by atoms with E-state index in [1.54, 1.807) is 17.5 Å². The Hall–Kier alpha value is -3.30. The first-order valence-corrected chi connectivity index (χ1v) is 9.19.